The second-order valence-corrected chi connectivity index (χ2v) is 5.19. The average Bonchev–Trinajstić information content (AvgIpc) is 2.38. The molecule has 0 saturated carbocycles. The number of nitriles is 2. The molecule has 4 heteroatoms. The molecule has 0 saturated heterocycles. The maximum atomic E-state index is 12.7. The van der Waals surface area contributed by atoms with Crippen molar-refractivity contribution in [3.05, 3.63) is 0 Å². The van der Waals surface area contributed by atoms with Gasteiger partial charge in [0.15, 0.2) is 0 Å². The molecule has 0 unspecified atom stereocenters. The van der Waals surface area contributed by atoms with Gasteiger partial charge in [-0.2, -0.15) is 10.5 Å². The molecule has 106 valence electrons. The standard InChI is InChI=1S/C15H25N3O/c1-5-8-15(12-17,9-6-2)14(19)18(13(3)4)11-7-10-16/h13H,5-9,11H2,1-4H3. The molecule has 4 nitrogen and oxygen atoms in total. The van der Waals surface area contributed by atoms with Crippen LogP contribution in [0.3, 0.4) is 0 Å². The summed E-state index contributed by atoms with van der Waals surface area (Å²) in [5.41, 5.74) is -0.913. The van der Waals surface area contributed by atoms with Crippen LogP contribution in [0, 0.1) is 28.1 Å². The summed E-state index contributed by atoms with van der Waals surface area (Å²) in [6.45, 7) is 8.24. The van der Waals surface area contributed by atoms with Gasteiger partial charge in [-0.25, -0.2) is 0 Å². The lowest BCUT2D eigenvalue weighted by molar-refractivity contribution is -0.141. The van der Waals surface area contributed by atoms with Crippen LogP contribution in [0.2, 0.25) is 0 Å². The van der Waals surface area contributed by atoms with Crippen LogP contribution in [0.5, 0.6) is 0 Å². The minimum absolute atomic E-state index is 0.0160. The smallest absolute Gasteiger partial charge is 0.243 e. The topological polar surface area (TPSA) is 67.9 Å². The molecule has 0 aliphatic rings. The van der Waals surface area contributed by atoms with Crippen molar-refractivity contribution >= 4 is 5.91 Å². The number of hydrogen-bond acceptors (Lipinski definition) is 3. The summed E-state index contributed by atoms with van der Waals surface area (Å²) < 4.78 is 0. The third kappa shape index (κ3) is 4.56. The molecule has 0 aromatic rings. The Bertz CT molecular complexity index is 357. The highest BCUT2D eigenvalue weighted by Crippen LogP contribution is 2.32. The Morgan fingerprint density at radius 1 is 1.21 bits per heavy atom. The molecular weight excluding hydrogens is 238 g/mol. The molecule has 0 aliphatic heterocycles. The molecule has 0 bridgehead atoms. The van der Waals surface area contributed by atoms with Crippen molar-refractivity contribution in [3.63, 3.8) is 0 Å². The molecule has 0 fully saturated rings. The molecular formula is C15H25N3O. The zero-order valence-electron chi connectivity index (χ0n) is 12.6. The van der Waals surface area contributed by atoms with Crippen molar-refractivity contribution in [2.24, 2.45) is 5.41 Å². The summed E-state index contributed by atoms with van der Waals surface area (Å²) in [4.78, 5) is 14.4. The highest BCUT2D eigenvalue weighted by atomic mass is 16.2. The monoisotopic (exact) mass is 263 g/mol. The first-order chi connectivity index (χ1) is 8.98. The summed E-state index contributed by atoms with van der Waals surface area (Å²) in [6, 6.07) is 4.34. The van der Waals surface area contributed by atoms with E-state index in [4.69, 9.17) is 5.26 Å². The molecule has 0 radical (unpaired) electrons. The van der Waals surface area contributed by atoms with Gasteiger partial charge in [0.2, 0.25) is 5.91 Å². The number of carbonyl (C=O) groups is 1. The molecule has 1 amide bonds. The number of nitrogens with zero attached hydrogens (tertiary/aromatic N) is 3. The van der Waals surface area contributed by atoms with Crippen LogP contribution in [0.4, 0.5) is 0 Å². The average molecular weight is 263 g/mol. The summed E-state index contributed by atoms with van der Waals surface area (Å²) in [6.07, 6.45) is 3.11. The Morgan fingerprint density at radius 2 is 1.74 bits per heavy atom. The summed E-state index contributed by atoms with van der Waals surface area (Å²) >= 11 is 0. The van der Waals surface area contributed by atoms with E-state index in [-0.39, 0.29) is 11.9 Å². The van der Waals surface area contributed by atoms with E-state index in [1.807, 2.05) is 27.7 Å². The van der Waals surface area contributed by atoms with E-state index in [0.717, 1.165) is 12.8 Å². The molecule has 0 rings (SSSR count). The molecule has 0 aromatic heterocycles. The Morgan fingerprint density at radius 3 is 2.05 bits per heavy atom. The third-order valence-electron chi connectivity index (χ3n) is 3.33. The van der Waals surface area contributed by atoms with Gasteiger partial charge in [-0.3, -0.25) is 4.79 Å². The maximum Gasteiger partial charge on any atom is 0.243 e. The molecule has 0 heterocycles. The highest BCUT2D eigenvalue weighted by molar-refractivity contribution is 5.85. The number of rotatable bonds is 8. The second kappa shape index (κ2) is 8.53. The fourth-order valence-electron chi connectivity index (χ4n) is 2.39. The number of hydrogen-bond donors (Lipinski definition) is 0. The number of carbonyl (C=O) groups excluding carboxylic acids is 1. The fraction of sp³-hybridized carbons (Fsp3) is 0.800. The largest absolute Gasteiger partial charge is 0.338 e. The maximum absolute atomic E-state index is 12.7. The van der Waals surface area contributed by atoms with Gasteiger partial charge in [-0.05, 0) is 26.7 Å². The predicted molar refractivity (Wildman–Crippen MR) is 74.9 cm³/mol. The van der Waals surface area contributed by atoms with E-state index in [1.54, 1.807) is 4.90 Å². The fourth-order valence-corrected chi connectivity index (χ4v) is 2.39. The van der Waals surface area contributed by atoms with E-state index in [9.17, 15) is 10.1 Å². The lowest BCUT2D eigenvalue weighted by Gasteiger charge is -2.34. The quantitative estimate of drug-likeness (QED) is 0.675. The lowest BCUT2D eigenvalue weighted by atomic mass is 9.79. The predicted octanol–water partition coefficient (Wildman–Crippen LogP) is 3.25. The minimum atomic E-state index is -0.913. The summed E-state index contributed by atoms with van der Waals surface area (Å²) in [7, 11) is 0. The Labute approximate surface area is 117 Å². The normalized spacial score (nSPS) is 10.9. The molecule has 0 spiro atoms. The zero-order chi connectivity index (χ0) is 14.9. The first-order valence-corrected chi connectivity index (χ1v) is 7.08. The van der Waals surface area contributed by atoms with E-state index in [0.29, 0.717) is 25.8 Å². The van der Waals surface area contributed by atoms with Gasteiger partial charge in [0, 0.05) is 12.6 Å². The summed E-state index contributed by atoms with van der Waals surface area (Å²) in [5, 5.41) is 18.2. The Balaban J connectivity index is 5.24. The van der Waals surface area contributed by atoms with Gasteiger partial charge in [-0.15, -0.1) is 0 Å². The van der Waals surface area contributed by atoms with Crippen LogP contribution in [-0.2, 0) is 4.79 Å². The SMILES string of the molecule is CCCC(C#N)(CCC)C(=O)N(CCC#N)C(C)C. The van der Waals surface area contributed by atoms with Crippen LogP contribution in [0.15, 0.2) is 0 Å². The highest BCUT2D eigenvalue weighted by Gasteiger charge is 2.40. The second-order valence-electron chi connectivity index (χ2n) is 5.19. The third-order valence-corrected chi connectivity index (χ3v) is 3.33. The lowest BCUT2D eigenvalue weighted by Crippen LogP contribution is -2.47. The molecule has 0 atom stereocenters. The van der Waals surface area contributed by atoms with Crippen molar-refractivity contribution < 1.29 is 4.79 Å². The van der Waals surface area contributed by atoms with Gasteiger partial charge < -0.3 is 4.90 Å². The van der Waals surface area contributed by atoms with E-state index >= 15 is 0 Å². The van der Waals surface area contributed by atoms with Crippen molar-refractivity contribution in [1.82, 2.24) is 4.90 Å². The van der Waals surface area contributed by atoms with Gasteiger partial charge in [0.25, 0.3) is 0 Å². The molecule has 0 aliphatic carbocycles. The van der Waals surface area contributed by atoms with Crippen LogP contribution in [0.1, 0.15) is 59.8 Å². The van der Waals surface area contributed by atoms with Gasteiger partial charge >= 0.3 is 0 Å². The van der Waals surface area contributed by atoms with Crippen molar-refractivity contribution in [1.29, 1.82) is 10.5 Å². The van der Waals surface area contributed by atoms with Crippen LogP contribution < -0.4 is 0 Å². The Hall–Kier alpha value is -1.55. The molecule has 0 N–H and O–H groups in total. The first kappa shape index (κ1) is 17.4. The van der Waals surface area contributed by atoms with Gasteiger partial charge in [0.1, 0.15) is 5.41 Å². The van der Waals surface area contributed by atoms with Crippen molar-refractivity contribution in [2.75, 3.05) is 6.54 Å². The van der Waals surface area contributed by atoms with Gasteiger partial charge in [-0.1, -0.05) is 26.7 Å². The van der Waals surface area contributed by atoms with Crippen molar-refractivity contribution in [3.8, 4) is 12.1 Å². The number of amides is 1. The van der Waals surface area contributed by atoms with Gasteiger partial charge in [0.05, 0.1) is 18.6 Å². The summed E-state index contributed by atoms with van der Waals surface area (Å²) in [5.74, 6) is -0.107. The van der Waals surface area contributed by atoms with Crippen molar-refractivity contribution in [2.45, 2.75) is 65.8 Å². The molecule has 19 heavy (non-hydrogen) atoms. The van der Waals surface area contributed by atoms with Crippen LogP contribution in [-0.4, -0.2) is 23.4 Å². The Kier molecular flexibility index (Phi) is 7.84. The zero-order valence-corrected chi connectivity index (χ0v) is 12.6. The van der Waals surface area contributed by atoms with Crippen LogP contribution in [0.25, 0.3) is 0 Å². The van der Waals surface area contributed by atoms with E-state index < -0.39 is 5.41 Å². The minimum Gasteiger partial charge on any atom is -0.338 e. The molecule has 0 aromatic carbocycles. The van der Waals surface area contributed by atoms with Crippen LogP contribution >= 0.6 is 0 Å². The first-order valence-electron chi connectivity index (χ1n) is 7.08. The van der Waals surface area contributed by atoms with E-state index in [2.05, 4.69) is 12.1 Å². The van der Waals surface area contributed by atoms with E-state index in [1.165, 1.54) is 0 Å².